The lowest BCUT2D eigenvalue weighted by atomic mass is 9.98. The van der Waals surface area contributed by atoms with Gasteiger partial charge in [0.25, 0.3) is 5.91 Å². The van der Waals surface area contributed by atoms with Gasteiger partial charge in [0.2, 0.25) is 0 Å². The highest BCUT2D eigenvalue weighted by molar-refractivity contribution is 5.93. The molecule has 176 valence electrons. The number of anilines is 1. The first-order valence-electron chi connectivity index (χ1n) is 10.8. The summed E-state index contributed by atoms with van der Waals surface area (Å²) in [6.45, 7) is 3.16. The molecule has 0 bridgehead atoms. The van der Waals surface area contributed by atoms with E-state index in [1.165, 1.54) is 6.33 Å². The summed E-state index contributed by atoms with van der Waals surface area (Å²) < 4.78 is 7.35. The van der Waals surface area contributed by atoms with Crippen molar-refractivity contribution in [3.8, 4) is 17.0 Å². The van der Waals surface area contributed by atoms with Gasteiger partial charge < -0.3 is 19.7 Å². The predicted molar refractivity (Wildman–Crippen MR) is 127 cm³/mol. The maximum atomic E-state index is 11.7. The number of aliphatic hydroxyl groups excluding tert-OH is 1. The number of carbonyl (C=O) groups is 1. The highest BCUT2D eigenvalue weighted by Crippen LogP contribution is 2.28. The Morgan fingerprint density at radius 3 is 2.79 bits per heavy atom. The van der Waals surface area contributed by atoms with E-state index >= 15 is 0 Å². The van der Waals surface area contributed by atoms with E-state index in [4.69, 9.17) is 9.94 Å². The maximum absolute atomic E-state index is 11.7. The molecule has 1 aromatic carbocycles. The Morgan fingerprint density at radius 2 is 2.03 bits per heavy atom. The number of hydroxylamine groups is 1. The van der Waals surface area contributed by atoms with Gasteiger partial charge in [-0.2, -0.15) is 0 Å². The van der Waals surface area contributed by atoms with Crippen LogP contribution in [0, 0.1) is 0 Å². The van der Waals surface area contributed by atoms with Crippen molar-refractivity contribution in [1.29, 1.82) is 0 Å². The lowest BCUT2D eigenvalue weighted by Gasteiger charge is -2.17. The molecule has 0 spiro atoms. The first-order valence-corrected chi connectivity index (χ1v) is 10.8. The first kappa shape index (κ1) is 23.1. The first-order chi connectivity index (χ1) is 16.5. The molecule has 0 aliphatic carbocycles. The van der Waals surface area contributed by atoms with Gasteiger partial charge in [0.1, 0.15) is 23.5 Å². The summed E-state index contributed by atoms with van der Waals surface area (Å²) in [5.74, 6) is 0.682. The summed E-state index contributed by atoms with van der Waals surface area (Å²) in [6.07, 6.45) is 5.18. The van der Waals surface area contributed by atoms with Crippen LogP contribution in [0.1, 0.15) is 28.8 Å². The van der Waals surface area contributed by atoms with Crippen molar-refractivity contribution in [2.45, 2.75) is 19.4 Å². The van der Waals surface area contributed by atoms with E-state index in [0.29, 0.717) is 30.2 Å². The molecule has 0 fully saturated rings. The quantitative estimate of drug-likeness (QED) is 0.220. The number of hydrogen-bond donors (Lipinski definition) is 4. The van der Waals surface area contributed by atoms with Crippen molar-refractivity contribution in [2.24, 2.45) is 0 Å². The molecular formula is C24H26N6O4. The predicted octanol–water partition coefficient (Wildman–Crippen LogP) is 2.83. The van der Waals surface area contributed by atoms with E-state index in [1.807, 2.05) is 42.0 Å². The summed E-state index contributed by atoms with van der Waals surface area (Å²) in [6, 6.07) is 10.9. The van der Waals surface area contributed by atoms with Gasteiger partial charge in [-0.1, -0.05) is 13.0 Å². The molecule has 0 saturated heterocycles. The number of pyridine rings is 1. The molecule has 0 aliphatic heterocycles. The van der Waals surface area contributed by atoms with E-state index in [1.54, 1.807) is 30.9 Å². The zero-order valence-corrected chi connectivity index (χ0v) is 18.9. The number of ether oxygens (including phenoxy) is 1. The molecule has 0 unspecified atom stereocenters. The number of methoxy groups -OCH3 is 1. The Balaban J connectivity index is 1.49. The molecule has 34 heavy (non-hydrogen) atoms. The van der Waals surface area contributed by atoms with E-state index in [2.05, 4.69) is 20.3 Å². The van der Waals surface area contributed by atoms with Crippen LogP contribution < -0.4 is 15.5 Å². The topological polar surface area (TPSA) is 134 Å². The summed E-state index contributed by atoms with van der Waals surface area (Å²) in [4.78, 5) is 24.9. The van der Waals surface area contributed by atoms with Gasteiger partial charge in [0.05, 0.1) is 19.4 Å². The fraction of sp³-hybridized carbons (Fsp3) is 0.250. The fourth-order valence-corrected chi connectivity index (χ4v) is 3.81. The van der Waals surface area contributed by atoms with Gasteiger partial charge in [-0.05, 0) is 29.8 Å². The zero-order chi connectivity index (χ0) is 24.1. The number of carbonyl (C=O) groups excluding carboxylic acids is 1. The molecular weight excluding hydrogens is 436 g/mol. The summed E-state index contributed by atoms with van der Waals surface area (Å²) in [5, 5.41) is 22.3. The van der Waals surface area contributed by atoms with Crippen LogP contribution in [0.3, 0.4) is 0 Å². The smallest absolute Gasteiger partial charge is 0.274 e. The Morgan fingerprint density at radius 1 is 1.18 bits per heavy atom. The Kier molecular flexibility index (Phi) is 7.00. The normalized spacial score (nSPS) is 11.9. The minimum absolute atomic E-state index is 0.0453. The average Bonchev–Trinajstić information content (AvgIpc) is 3.28. The maximum Gasteiger partial charge on any atom is 0.274 e. The van der Waals surface area contributed by atoms with Gasteiger partial charge in [0.15, 0.2) is 0 Å². The third-order valence-electron chi connectivity index (χ3n) is 5.62. The van der Waals surface area contributed by atoms with Crippen LogP contribution in [0.5, 0.6) is 5.75 Å². The van der Waals surface area contributed by atoms with Crippen molar-refractivity contribution < 1.29 is 19.8 Å². The van der Waals surface area contributed by atoms with Crippen LogP contribution in [0.4, 0.5) is 5.82 Å². The van der Waals surface area contributed by atoms with Crippen molar-refractivity contribution in [1.82, 2.24) is 25.0 Å². The summed E-state index contributed by atoms with van der Waals surface area (Å²) >= 11 is 0. The number of amides is 1. The summed E-state index contributed by atoms with van der Waals surface area (Å²) in [7, 11) is 1.54. The molecule has 4 rings (SSSR count). The van der Waals surface area contributed by atoms with Crippen molar-refractivity contribution >= 4 is 22.8 Å². The van der Waals surface area contributed by atoms with Crippen LogP contribution in [0.2, 0.25) is 0 Å². The van der Waals surface area contributed by atoms with Crippen LogP contribution >= 0.6 is 0 Å². The van der Waals surface area contributed by atoms with E-state index in [-0.39, 0.29) is 12.5 Å². The van der Waals surface area contributed by atoms with Crippen molar-refractivity contribution in [3.05, 3.63) is 66.2 Å². The largest absolute Gasteiger partial charge is 0.496 e. The lowest BCUT2D eigenvalue weighted by Crippen LogP contribution is -2.19. The minimum Gasteiger partial charge on any atom is -0.496 e. The third kappa shape index (κ3) is 4.82. The SMILES string of the molecule is COc1cc(C(=O)NO)ccc1[C@H](C)CNc1cc(-c2cnc3c(ccn3CCO)c2)ncn1. The molecule has 1 atom stereocenters. The fourth-order valence-electron chi connectivity index (χ4n) is 3.81. The monoisotopic (exact) mass is 462 g/mol. The van der Waals surface area contributed by atoms with Gasteiger partial charge in [-0.3, -0.25) is 10.0 Å². The van der Waals surface area contributed by atoms with Crippen LogP contribution in [-0.4, -0.2) is 56.0 Å². The van der Waals surface area contributed by atoms with E-state index < -0.39 is 5.91 Å². The van der Waals surface area contributed by atoms with E-state index in [0.717, 1.165) is 27.9 Å². The van der Waals surface area contributed by atoms with Gasteiger partial charge in [0, 0.05) is 54.0 Å². The van der Waals surface area contributed by atoms with Gasteiger partial charge in [-0.15, -0.1) is 0 Å². The molecule has 0 saturated carbocycles. The Hall–Kier alpha value is -4.02. The summed E-state index contributed by atoms with van der Waals surface area (Å²) in [5.41, 5.74) is 5.28. The number of rotatable bonds is 9. The molecule has 4 N–H and O–H groups in total. The number of aliphatic hydroxyl groups is 1. The number of nitrogens with zero attached hydrogens (tertiary/aromatic N) is 4. The molecule has 10 heteroatoms. The number of benzene rings is 1. The molecule has 0 radical (unpaired) electrons. The number of hydrogen-bond acceptors (Lipinski definition) is 8. The lowest BCUT2D eigenvalue weighted by molar-refractivity contribution is 0.0706. The average molecular weight is 463 g/mol. The Bertz CT molecular complexity index is 1310. The molecule has 3 aromatic heterocycles. The second-order valence-electron chi connectivity index (χ2n) is 7.84. The second-order valence-corrected chi connectivity index (χ2v) is 7.84. The molecule has 4 aromatic rings. The van der Waals surface area contributed by atoms with Crippen LogP contribution in [0.15, 0.2) is 55.1 Å². The Labute approximate surface area is 196 Å². The van der Waals surface area contributed by atoms with Crippen LogP contribution in [0.25, 0.3) is 22.3 Å². The molecule has 1 amide bonds. The van der Waals surface area contributed by atoms with Gasteiger partial charge >= 0.3 is 0 Å². The minimum atomic E-state index is -0.596. The molecule has 10 nitrogen and oxygen atoms in total. The standard InChI is InChI=1S/C24H26N6O4/c1-15(19-4-3-17(24(32)29-33)10-21(19)34-2)12-25-22-11-20(27-14-28-22)18-9-16-5-6-30(7-8-31)23(16)26-13-18/h3-6,9-11,13-15,31,33H,7-8,12H2,1-2H3,(H,29,32)(H,25,27,28)/t15-/m1/s1. The van der Waals surface area contributed by atoms with E-state index in [9.17, 15) is 9.90 Å². The highest BCUT2D eigenvalue weighted by Gasteiger charge is 2.15. The third-order valence-corrected chi connectivity index (χ3v) is 5.62. The zero-order valence-electron chi connectivity index (χ0n) is 18.9. The molecule has 3 heterocycles. The molecule has 0 aliphatic rings. The number of nitrogens with one attached hydrogen (secondary N) is 2. The highest BCUT2D eigenvalue weighted by atomic mass is 16.5. The number of aromatic nitrogens is 4. The van der Waals surface area contributed by atoms with Gasteiger partial charge in [-0.25, -0.2) is 20.4 Å². The van der Waals surface area contributed by atoms with Crippen molar-refractivity contribution in [3.63, 3.8) is 0 Å². The van der Waals surface area contributed by atoms with Crippen molar-refractivity contribution in [2.75, 3.05) is 25.6 Å². The van der Waals surface area contributed by atoms with Crippen LogP contribution in [-0.2, 0) is 6.54 Å². The number of fused-ring (bicyclic) bond motifs is 1. The second kappa shape index (κ2) is 10.3.